The van der Waals surface area contributed by atoms with Gasteiger partial charge in [-0.15, -0.1) is 23.2 Å². The number of nitrogens with two attached hydrogens (primary N) is 1. The van der Waals surface area contributed by atoms with Crippen LogP contribution in [0.4, 0.5) is 33.3 Å². The van der Waals surface area contributed by atoms with Gasteiger partial charge in [0, 0.05) is 23.6 Å². The number of Topliss-reactive ketones (excluding diaryl/α,β-unsaturated/α-hetero) is 1. The topological polar surface area (TPSA) is 72.2 Å². The lowest BCUT2D eigenvalue weighted by Crippen LogP contribution is -2.17. The number of rotatable bonds is 6. The minimum Gasteiger partial charge on any atom is -0.394 e. The molecular formula is C25H16Cl3F5N2O2. The van der Waals surface area contributed by atoms with Crippen molar-refractivity contribution < 1.29 is 31.5 Å². The lowest BCUT2D eigenvalue weighted by atomic mass is 10.0. The Labute approximate surface area is 222 Å². The summed E-state index contributed by atoms with van der Waals surface area (Å²) in [5.74, 6) is -5.34. The van der Waals surface area contributed by atoms with Gasteiger partial charge in [-0.25, -0.2) is 8.78 Å². The summed E-state index contributed by atoms with van der Waals surface area (Å²) in [6, 6.07) is 10.3. The number of carbonyl (C=O) groups is 2. The SMILES string of the molecule is Nc1c(F)ccc(CC(=O)c2cc(NC(=O)C3C(c4cccc(C(F)(F)F)c4)C3(Cl)Cl)ccc2Cl)c1F. The van der Waals surface area contributed by atoms with Gasteiger partial charge in [-0.3, -0.25) is 9.59 Å². The van der Waals surface area contributed by atoms with E-state index in [4.69, 9.17) is 40.5 Å². The highest BCUT2D eigenvalue weighted by molar-refractivity contribution is 6.53. The molecule has 0 aliphatic heterocycles. The van der Waals surface area contributed by atoms with Crippen molar-refractivity contribution in [3.8, 4) is 0 Å². The Kier molecular flexibility index (Phi) is 7.18. The lowest BCUT2D eigenvalue weighted by molar-refractivity contribution is -0.137. The number of alkyl halides is 5. The summed E-state index contributed by atoms with van der Waals surface area (Å²) in [5, 5.41) is 2.54. The van der Waals surface area contributed by atoms with Crippen molar-refractivity contribution >= 4 is 57.9 Å². The maximum Gasteiger partial charge on any atom is 0.416 e. The molecule has 3 N–H and O–H groups in total. The normalized spacial score (nSPS) is 18.4. The molecule has 1 saturated carbocycles. The summed E-state index contributed by atoms with van der Waals surface area (Å²) in [6.07, 6.45) is -5.07. The maximum absolute atomic E-state index is 14.2. The number of nitrogens with one attached hydrogen (secondary N) is 1. The maximum atomic E-state index is 14.2. The molecule has 2 atom stereocenters. The molecule has 1 fully saturated rings. The van der Waals surface area contributed by atoms with Gasteiger partial charge >= 0.3 is 6.18 Å². The number of hydrogen-bond acceptors (Lipinski definition) is 3. The molecule has 194 valence electrons. The third-order valence-electron chi connectivity index (χ3n) is 6.00. The third kappa shape index (κ3) is 5.39. The van der Waals surface area contributed by atoms with Crippen molar-refractivity contribution in [2.24, 2.45) is 5.92 Å². The smallest absolute Gasteiger partial charge is 0.394 e. The van der Waals surface area contributed by atoms with Crippen molar-refractivity contribution in [2.45, 2.75) is 22.8 Å². The van der Waals surface area contributed by atoms with Crippen LogP contribution in [-0.4, -0.2) is 16.0 Å². The van der Waals surface area contributed by atoms with Crippen LogP contribution < -0.4 is 11.1 Å². The molecule has 0 bridgehead atoms. The van der Waals surface area contributed by atoms with Gasteiger partial charge in [0.15, 0.2) is 11.6 Å². The second kappa shape index (κ2) is 9.78. The quantitative estimate of drug-likeness (QED) is 0.141. The average molecular weight is 578 g/mol. The molecule has 12 heteroatoms. The Bertz CT molecular complexity index is 1410. The molecule has 0 spiro atoms. The predicted octanol–water partition coefficient (Wildman–Crippen LogP) is 7.17. The summed E-state index contributed by atoms with van der Waals surface area (Å²) in [7, 11) is 0. The van der Waals surface area contributed by atoms with Crippen molar-refractivity contribution in [2.75, 3.05) is 11.1 Å². The Hall–Kier alpha value is -2.88. The minimum atomic E-state index is -4.58. The molecule has 4 nitrogen and oxygen atoms in total. The number of hydrogen-bond donors (Lipinski definition) is 2. The van der Waals surface area contributed by atoms with Crippen LogP contribution in [0.3, 0.4) is 0 Å². The van der Waals surface area contributed by atoms with E-state index in [0.717, 1.165) is 24.3 Å². The van der Waals surface area contributed by atoms with E-state index < -0.39 is 63.3 Å². The van der Waals surface area contributed by atoms with E-state index in [1.165, 1.54) is 30.3 Å². The standard InChI is InChI=1S/C25H16Cl3F5N2O2/c26-16-6-5-14(10-15(16)18(36)9-12-4-7-17(29)22(34)21(12)30)35-23(37)20-19(24(20,27)28)11-2-1-3-13(8-11)25(31,32)33/h1-8,10,19-20H,9,34H2,(H,35,37). The molecule has 1 aliphatic rings. The minimum absolute atomic E-state index is 0.00999. The summed E-state index contributed by atoms with van der Waals surface area (Å²) < 4.78 is 65.3. The van der Waals surface area contributed by atoms with Gasteiger partial charge in [-0.05, 0) is 41.5 Å². The van der Waals surface area contributed by atoms with E-state index in [1.54, 1.807) is 0 Å². The van der Waals surface area contributed by atoms with Crippen LogP contribution in [-0.2, 0) is 17.4 Å². The van der Waals surface area contributed by atoms with Gasteiger partial charge in [-0.1, -0.05) is 35.9 Å². The molecule has 1 amide bonds. The van der Waals surface area contributed by atoms with Crippen molar-refractivity contribution in [1.82, 2.24) is 0 Å². The second-order valence-electron chi connectivity index (χ2n) is 8.47. The highest BCUT2D eigenvalue weighted by atomic mass is 35.5. The first-order valence-corrected chi connectivity index (χ1v) is 11.8. The molecule has 3 aromatic rings. The van der Waals surface area contributed by atoms with Gasteiger partial charge < -0.3 is 11.1 Å². The lowest BCUT2D eigenvalue weighted by Gasteiger charge is -2.10. The van der Waals surface area contributed by atoms with Crippen LogP contribution in [0.25, 0.3) is 0 Å². The van der Waals surface area contributed by atoms with E-state index in [1.807, 2.05) is 0 Å². The first-order chi connectivity index (χ1) is 17.2. The Morgan fingerprint density at radius 3 is 2.41 bits per heavy atom. The zero-order chi connectivity index (χ0) is 27.3. The molecule has 4 rings (SSSR count). The van der Waals surface area contributed by atoms with Gasteiger partial charge in [-0.2, -0.15) is 13.2 Å². The van der Waals surface area contributed by atoms with Crippen molar-refractivity contribution in [3.63, 3.8) is 0 Å². The molecule has 0 saturated heterocycles. The molecule has 1 aliphatic carbocycles. The van der Waals surface area contributed by atoms with Crippen molar-refractivity contribution in [3.05, 3.63) is 93.5 Å². The van der Waals surface area contributed by atoms with Gasteiger partial charge in [0.2, 0.25) is 5.91 Å². The highest BCUT2D eigenvalue weighted by Crippen LogP contribution is 2.65. The van der Waals surface area contributed by atoms with E-state index in [-0.39, 0.29) is 27.4 Å². The average Bonchev–Trinajstić information content (AvgIpc) is 3.42. The number of anilines is 2. The first kappa shape index (κ1) is 27.2. The van der Waals surface area contributed by atoms with Crippen LogP contribution >= 0.6 is 34.8 Å². The Morgan fingerprint density at radius 2 is 1.73 bits per heavy atom. The molecular weight excluding hydrogens is 562 g/mol. The largest absolute Gasteiger partial charge is 0.416 e. The van der Waals surface area contributed by atoms with E-state index >= 15 is 0 Å². The summed E-state index contributed by atoms with van der Waals surface area (Å²) in [5.41, 5.74) is 3.77. The van der Waals surface area contributed by atoms with Crippen LogP contribution in [0.1, 0.15) is 33.0 Å². The number of benzene rings is 3. The highest BCUT2D eigenvalue weighted by Gasteiger charge is 2.67. The van der Waals surface area contributed by atoms with Gasteiger partial charge in [0.1, 0.15) is 15.8 Å². The summed E-state index contributed by atoms with van der Waals surface area (Å²) >= 11 is 18.6. The van der Waals surface area contributed by atoms with E-state index in [9.17, 15) is 31.5 Å². The fourth-order valence-corrected chi connectivity index (χ4v) is 5.08. The second-order valence-corrected chi connectivity index (χ2v) is 10.3. The van der Waals surface area contributed by atoms with Crippen LogP contribution in [0.5, 0.6) is 0 Å². The first-order valence-electron chi connectivity index (χ1n) is 10.6. The monoisotopic (exact) mass is 576 g/mol. The van der Waals surface area contributed by atoms with E-state index in [0.29, 0.717) is 0 Å². The number of amides is 1. The molecule has 3 aromatic carbocycles. The number of halogens is 8. The summed E-state index contributed by atoms with van der Waals surface area (Å²) in [6.45, 7) is 0. The Morgan fingerprint density at radius 1 is 1.03 bits per heavy atom. The van der Waals surface area contributed by atoms with E-state index in [2.05, 4.69) is 5.32 Å². The number of carbonyl (C=O) groups excluding carboxylic acids is 2. The Balaban J connectivity index is 1.52. The van der Waals surface area contributed by atoms with Crippen LogP contribution in [0.15, 0.2) is 54.6 Å². The fraction of sp³-hybridized carbons (Fsp3) is 0.200. The van der Waals surface area contributed by atoms with Crippen LogP contribution in [0, 0.1) is 17.6 Å². The number of ketones is 1. The molecule has 0 radical (unpaired) electrons. The number of nitrogen functional groups attached to an aromatic ring is 1. The fourth-order valence-electron chi connectivity index (χ4n) is 4.03. The zero-order valence-corrected chi connectivity index (χ0v) is 20.7. The van der Waals surface area contributed by atoms with Crippen LogP contribution in [0.2, 0.25) is 5.02 Å². The molecule has 37 heavy (non-hydrogen) atoms. The molecule has 2 unspecified atom stereocenters. The molecule has 0 heterocycles. The molecule has 0 aromatic heterocycles. The summed E-state index contributed by atoms with van der Waals surface area (Å²) in [4.78, 5) is 25.7. The van der Waals surface area contributed by atoms with Gasteiger partial charge in [0.25, 0.3) is 0 Å². The third-order valence-corrected chi connectivity index (χ3v) is 7.27. The van der Waals surface area contributed by atoms with Gasteiger partial charge in [0.05, 0.1) is 16.5 Å². The zero-order valence-electron chi connectivity index (χ0n) is 18.5. The van der Waals surface area contributed by atoms with Crippen molar-refractivity contribution in [1.29, 1.82) is 0 Å². The predicted molar refractivity (Wildman–Crippen MR) is 131 cm³/mol.